The number of nitrogens with zero attached hydrogens (tertiary/aromatic N) is 2. The average molecular weight is 453 g/mol. The molecular formula is C30H36N4. The van der Waals surface area contributed by atoms with Crippen molar-refractivity contribution < 1.29 is 0 Å². The third kappa shape index (κ3) is 5.83. The van der Waals surface area contributed by atoms with E-state index in [1.54, 1.807) is 0 Å². The van der Waals surface area contributed by atoms with Gasteiger partial charge in [-0.25, -0.2) is 0 Å². The van der Waals surface area contributed by atoms with E-state index in [9.17, 15) is 0 Å². The molecule has 1 saturated heterocycles. The Balaban J connectivity index is 1.19. The molecule has 1 aliphatic heterocycles. The van der Waals surface area contributed by atoms with Gasteiger partial charge in [0.1, 0.15) is 0 Å². The van der Waals surface area contributed by atoms with Gasteiger partial charge in [0, 0.05) is 65.4 Å². The van der Waals surface area contributed by atoms with Crippen molar-refractivity contribution in [2.24, 2.45) is 0 Å². The summed E-state index contributed by atoms with van der Waals surface area (Å²) in [5, 5.41) is 12.8. The maximum Gasteiger partial charge on any atom is 0.0240 e. The van der Waals surface area contributed by atoms with Gasteiger partial charge in [0.05, 0.1) is 0 Å². The van der Waals surface area contributed by atoms with Crippen LogP contribution in [0, 0.1) is 0 Å². The third-order valence-electron chi connectivity index (χ3n) is 6.97. The molecule has 1 heterocycles. The first-order valence-electron chi connectivity index (χ1n) is 12.7. The van der Waals surface area contributed by atoms with Gasteiger partial charge in [0.25, 0.3) is 0 Å². The van der Waals surface area contributed by atoms with Gasteiger partial charge < -0.3 is 10.6 Å². The van der Waals surface area contributed by atoms with Crippen LogP contribution in [0.1, 0.15) is 11.1 Å². The molecule has 0 spiro atoms. The zero-order valence-electron chi connectivity index (χ0n) is 20.0. The van der Waals surface area contributed by atoms with Crippen LogP contribution < -0.4 is 10.6 Å². The number of nitrogens with one attached hydrogen (secondary N) is 2. The molecule has 0 saturated carbocycles. The molecule has 0 aromatic heterocycles. The molecule has 4 aromatic carbocycles. The summed E-state index contributed by atoms with van der Waals surface area (Å²) in [6.07, 6.45) is 0. The van der Waals surface area contributed by atoms with Crippen molar-refractivity contribution in [3.05, 3.63) is 96.1 Å². The Kier molecular flexibility index (Phi) is 7.84. The minimum Gasteiger partial charge on any atom is -0.314 e. The second-order valence-corrected chi connectivity index (χ2v) is 9.33. The fourth-order valence-corrected chi connectivity index (χ4v) is 5.08. The highest BCUT2D eigenvalue weighted by Gasteiger charge is 2.12. The second-order valence-electron chi connectivity index (χ2n) is 9.33. The van der Waals surface area contributed by atoms with Crippen molar-refractivity contribution >= 4 is 21.5 Å². The van der Waals surface area contributed by atoms with Crippen molar-refractivity contribution in [1.82, 2.24) is 20.4 Å². The predicted octanol–water partition coefficient (Wildman–Crippen LogP) is 4.49. The van der Waals surface area contributed by atoms with Crippen LogP contribution in [-0.4, -0.2) is 62.2 Å². The molecule has 1 fully saturated rings. The molecule has 176 valence electrons. The topological polar surface area (TPSA) is 30.5 Å². The summed E-state index contributed by atoms with van der Waals surface area (Å²) in [5.74, 6) is 0. The van der Waals surface area contributed by atoms with Gasteiger partial charge in [0.15, 0.2) is 0 Å². The first-order chi connectivity index (χ1) is 16.9. The van der Waals surface area contributed by atoms with Gasteiger partial charge in [-0.1, -0.05) is 84.9 Å². The largest absolute Gasteiger partial charge is 0.314 e. The standard InChI is InChI=1S/C30H36N4/c1-3-13-29-25(7-1)9-5-11-27(29)23-33-19-15-31-17-21-34(22-18-32-16-20-33)24-28-12-6-10-26-8-2-4-14-30(26)28/h1-14,31-32H,15-24H2. The highest BCUT2D eigenvalue weighted by Crippen LogP contribution is 2.21. The quantitative estimate of drug-likeness (QED) is 0.478. The molecular weight excluding hydrogens is 416 g/mol. The van der Waals surface area contributed by atoms with Gasteiger partial charge in [-0.15, -0.1) is 0 Å². The Labute approximate surface area is 203 Å². The smallest absolute Gasteiger partial charge is 0.0240 e. The van der Waals surface area contributed by atoms with E-state index >= 15 is 0 Å². The van der Waals surface area contributed by atoms with E-state index < -0.39 is 0 Å². The molecule has 4 aromatic rings. The van der Waals surface area contributed by atoms with Crippen LogP contribution >= 0.6 is 0 Å². The fourth-order valence-electron chi connectivity index (χ4n) is 5.08. The first-order valence-corrected chi connectivity index (χ1v) is 12.7. The maximum absolute atomic E-state index is 3.71. The molecule has 0 radical (unpaired) electrons. The van der Waals surface area contributed by atoms with Crippen molar-refractivity contribution in [1.29, 1.82) is 0 Å². The Hall–Kier alpha value is -2.76. The van der Waals surface area contributed by atoms with Crippen LogP contribution in [0.5, 0.6) is 0 Å². The molecule has 2 N–H and O–H groups in total. The lowest BCUT2D eigenvalue weighted by molar-refractivity contribution is 0.234. The van der Waals surface area contributed by atoms with Gasteiger partial charge in [-0.05, 0) is 32.7 Å². The molecule has 1 aliphatic rings. The summed E-state index contributed by atoms with van der Waals surface area (Å²) in [6.45, 7) is 10.3. The van der Waals surface area contributed by atoms with Crippen LogP contribution in [0.2, 0.25) is 0 Å². The second kappa shape index (κ2) is 11.6. The normalized spacial score (nSPS) is 17.4. The summed E-state index contributed by atoms with van der Waals surface area (Å²) in [6, 6.07) is 30.8. The van der Waals surface area contributed by atoms with E-state index in [1.807, 2.05) is 0 Å². The average Bonchev–Trinajstić information content (AvgIpc) is 2.87. The molecule has 0 aliphatic carbocycles. The Morgan fingerprint density at radius 1 is 0.471 bits per heavy atom. The molecule has 0 bridgehead atoms. The fraction of sp³-hybridized carbons (Fsp3) is 0.333. The summed E-state index contributed by atoms with van der Waals surface area (Å²) in [5.41, 5.74) is 2.85. The SMILES string of the molecule is c1ccc2c(CN3CCNCCN(Cc4cccc5ccccc45)CCNCC3)cccc2c1. The summed E-state index contributed by atoms with van der Waals surface area (Å²) in [7, 11) is 0. The molecule has 0 atom stereocenters. The monoisotopic (exact) mass is 452 g/mol. The van der Waals surface area contributed by atoms with E-state index in [2.05, 4.69) is 105 Å². The molecule has 0 amide bonds. The number of fused-ring (bicyclic) bond motifs is 2. The third-order valence-corrected chi connectivity index (χ3v) is 6.97. The zero-order valence-corrected chi connectivity index (χ0v) is 20.0. The highest BCUT2D eigenvalue weighted by molar-refractivity contribution is 5.86. The maximum atomic E-state index is 3.71. The molecule has 0 unspecified atom stereocenters. The molecule has 4 heteroatoms. The van der Waals surface area contributed by atoms with Crippen LogP contribution in [0.4, 0.5) is 0 Å². The number of rotatable bonds is 4. The summed E-state index contributed by atoms with van der Waals surface area (Å²) < 4.78 is 0. The van der Waals surface area contributed by atoms with Crippen LogP contribution in [0.15, 0.2) is 84.9 Å². The minimum atomic E-state index is 0.998. The molecule has 34 heavy (non-hydrogen) atoms. The van der Waals surface area contributed by atoms with Gasteiger partial charge in [-0.3, -0.25) is 9.80 Å². The summed E-state index contributed by atoms with van der Waals surface area (Å²) >= 11 is 0. The van der Waals surface area contributed by atoms with E-state index in [0.717, 1.165) is 65.4 Å². The summed E-state index contributed by atoms with van der Waals surface area (Å²) in [4.78, 5) is 5.16. The van der Waals surface area contributed by atoms with Crippen LogP contribution in [0.3, 0.4) is 0 Å². The van der Waals surface area contributed by atoms with E-state index in [0.29, 0.717) is 0 Å². The van der Waals surface area contributed by atoms with E-state index in [4.69, 9.17) is 0 Å². The van der Waals surface area contributed by atoms with Gasteiger partial charge >= 0.3 is 0 Å². The first kappa shape index (κ1) is 23.0. The zero-order chi connectivity index (χ0) is 23.0. The number of benzene rings is 4. The highest BCUT2D eigenvalue weighted by atomic mass is 15.2. The van der Waals surface area contributed by atoms with Crippen molar-refractivity contribution in [3.63, 3.8) is 0 Å². The Morgan fingerprint density at radius 2 is 0.853 bits per heavy atom. The molecule has 5 rings (SSSR count). The number of hydrogen-bond acceptors (Lipinski definition) is 4. The van der Waals surface area contributed by atoms with E-state index in [1.165, 1.54) is 32.7 Å². The van der Waals surface area contributed by atoms with Crippen LogP contribution in [0.25, 0.3) is 21.5 Å². The van der Waals surface area contributed by atoms with E-state index in [-0.39, 0.29) is 0 Å². The minimum absolute atomic E-state index is 0.998. The lowest BCUT2D eigenvalue weighted by atomic mass is 10.0. The Morgan fingerprint density at radius 3 is 1.29 bits per heavy atom. The lowest BCUT2D eigenvalue weighted by Crippen LogP contribution is -2.42. The van der Waals surface area contributed by atoms with Crippen molar-refractivity contribution in [2.75, 3.05) is 52.4 Å². The van der Waals surface area contributed by atoms with Gasteiger partial charge in [0.2, 0.25) is 0 Å². The van der Waals surface area contributed by atoms with Crippen molar-refractivity contribution in [3.8, 4) is 0 Å². The molecule has 4 nitrogen and oxygen atoms in total. The van der Waals surface area contributed by atoms with Crippen LogP contribution in [-0.2, 0) is 13.1 Å². The van der Waals surface area contributed by atoms with Crippen molar-refractivity contribution in [2.45, 2.75) is 13.1 Å². The Bertz CT molecular complexity index is 1090. The van der Waals surface area contributed by atoms with Gasteiger partial charge in [-0.2, -0.15) is 0 Å². The number of hydrogen-bond donors (Lipinski definition) is 2. The predicted molar refractivity (Wildman–Crippen MR) is 144 cm³/mol. The lowest BCUT2D eigenvalue weighted by Gasteiger charge is -2.27.